The van der Waals surface area contributed by atoms with Gasteiger partial charge in [0.05, 0.1) is 0 Å². The van der Waals surface area contributed by atoms with Gasteiger partial charge in [-0.3, -0.25) is 0 Å². The summed E-state index contributed by atoms with van der Waals surface area (Å²) in [7, 11) is 0. The first-order chi connectivity index (χ1) is 20.9. The molecule has 0 heterocycles. The number of hydrogen-bond donors (Lipinski definition) is 6. The second kappa shape index (κ2) is 36.2. The van der Waals surface area contributed by atoms with Gasteiger partial charge in [-0.2, -0.15) is 0 Å². The zero-order valence-corrected chi connectivity index (χ0v) is 35.2. The smallest absolute Gasteiger partial charge is 0.319 e. The quantitative estimate of drug-likeness (QED) is 0.0313. The molecule has 0 amide bonds. The summed E-state index contributed by atoms with van der Waals surface area (Å²) in [5.41, 5.74) is 3.27. The molecule has 1 aromatic rings. The van der Waals surface area contributed by atoms with Crippen molar-refractivity contribution in [2.75, 3.05) is 0 Å². The summed E-state index contributed by atoms with van der Waals surface area (Å²) in [6, 6.07) is 9.30. The van der Waals surface area contributed by atoms with Crippen LogP contribution < -0.4 is 0 Å². The fourth-order valence-electron chi connectivity index (χ4n) is 5.36. The van der Waals surface area contributed by atoms with E-state index in [-0.39, 0.29) is 19.5 Å². The van der Waals surface area contributed by atoms with Crippen molar-refractivity contribution in [2.24, 2.45) is 0 Å². The van der Waals surface area contributed by atoms with E-state index in [1.165, 1.54) is 167 Å². The minimum absolute atomic E-state index is 0. The van der Waals surface area contributed by atoms with Crippen LogP contribution in [-0.2, 0) is 55.9 Å². The van der Waals surface area contributed by atoms with Crippen molar-refractivity contribution in [1.29, 1.82) is 0 Å². The van der Waals surface area contributed by atoms with Crippen LogP contribution in [0, 0.1) is 0 Å². The van der Waals surface area contributed by atoms with Gasteiger partial charge in [-0.05, 0) is 60.4 Å². The van der Waals surface area contributed by atoms with Crippen molar-refractivity contribution < 1.29 is 48.8 Å². The minimum atomic E-state index is -3.81. The first kappa shape index (κ1) is 50.3. The molecule has 264 valence electrons. The number of rotatable bonds is 26. The molecule has 0 spiro atoms. The Morgan fingerprint density at radius 2 is 0.578 bits per heavy atom. The molecule has 0 aliphatic heterocycles. The van der Waals surface area contributed by atoms with E-state index in [1.54, 1.807) is 11.1 Å². The van der Waals surface area contributed by atoms with Gasteiger partial charge in [-0.1, -0.05) is 179 Å². The summed E-state index contributed by atoms with van der Waals surface area (Å²) >= 11 is 7.21. The zero-order valence-electron chi connectivity index (χ0n) is 28.8. The van der Waals surface area contributed by atoms with Crippen molar-refractivity contribution in [2.45, 2.75) is 181 Å². The molecule has 0 radical (unpaired) electrons. The van der Waals surface area contributed by atoms with Crippen LogP contribution in [0.4, 0.5) is 0 Å². The van der Waals surface area contributed by atoms with E-state index in [1.807, 2.05) is 0 Å². The van der Waals surface area contributed by atoms with Crippen molar-refractivity contribution in [3.63, 3.8) is 0 Å². The third-order valence-electron chi connectivity index (χ3n) is 7.72. The van der Waals surface area contributed by atoms with Gasteiger partial charge in [-0.15, -0.1) is 0 Å². The Morgan fingerprint density at radius 1 is 0.400 bits per heavy atom. The maximum Gasteiger partial charge on any atom is 0.319 e. The largest absolute Gasteiger partial charge is 0.325 e. The molecular formula is C34H68O6P2S2Zn. The molecule has 0 fully saturated rings. The molecule has 1 rings (SSSR count). The Kier molecular flexibility index (Phi) is 40.4. The number of unbranched alkanes of at least 4 members (excludes halogenated alkanes) is 22. The van der Waals surface area contributed by atoms with Gasteiger partial charge in [0.2, 0.25) is 0 Å². The first-order valence-electron chi connectivity index (χ1n) is 17.5. The Morgan fingerprint density at radius 3 is 0.778 bits per heavy atom. The predicted octanol–water partition coefficient (Wildman–Crippen LogP) is 10.5. The van der Waals surface area contributed by atoms with E-state index < -0.39 is 13.4 Å². The normalized spacial score (nSPS) is 11.2. The van der Waals surface area contributed by atoms with E-state index in [4.69, 9.17) is 29.4 Å². The van der Waals surface area contributed by atoms with Gasteiger partial charge in [0.25, 0.3) is 0 Å². The molecule has 0 atom stereocenters. The Balaban J connectivity index is -0.00000138. The van der Waals surface area contributed by atoms with Gasteiger partial charge in [0.15, 0.2) is 0 Å². The van der Waals surface area contributed by atoms with E-state index in [0.29, 0.717) is 0 Å². The molecule has 11 heteroatoms. The van der Waals surface area contributed by atoms with Crippen LogP contribution >= 0.6 is 13.4 Å². The first-order valence-corrected chi connectivity index (χ1v) is 22.8. The molecule has 6 N–H and O–H groups in total. The Bertz CT molecular complexity index is 755. The summed E-state index contributed by atoms with van der Waals surface area (Å²) in [4.78, 5) is 45.3. The minimum Gasteiger partial charge on any atom is -0.325 e. The summed E-state index contributed by atoms with van der Waals surface area (Å²) < 4.78 is 0. The zero-order chi connectivity index (χ0) is 33.4. The van der Waals surface area contributed by atoms with Crippen LogP contribution in [0.25, 0.3) is 0 Å². The molecule has 6 nitrogen and oxygen atoms in total. The molecular weight excluding hydrogens is 696 g/mol. The van der Waals surface area contributed by atoms with Crippen LogP contribution in [0.2, 0.25) is 0 Å². The van der Waals surface area contributed by atoms with E-state index in [2.05, 4.69) is 61.7 Å². The van der Waals surface area contributed by atoms with Crippen LogP contribution in [0.5, 0.6) is 0 Å². The van der Waals surface area contributed by atoms with Crippen molar-refractivity contribution in [1.82, 2.24) is 0 Å². The second-order valence-electron chi connectivity index (χ2n) is 12.1. The number of hydrogen-bond acceptors (Lipinski definition) is 2. The summed E-state index contributed by atoms with van der Waals surface area (Å²) in [5.74, 6) is 0. The fraction of sp³-hybridized carbons (Fsp3) is 0.824. The summed E-state index contributed by atoms with van der Waals surface area (Å²) in [6.45, 7) is -3.00. The van der Waals surface area contributed by atoms with Gasteiger partial charge in [0, 0.05) is 19.5 Å². The van der Waals surface area contributed by atoms with E-state index >= 15 is 0 Å². The average Bonchev–Trinajstić information content (AvgIpc) is 2.93. The number of benzene rings is 1. The molecule has 0 bridgehead atoms. The van der Waals surface area contributed by atoms with Crippen LogP contribution in [0.3, 0.4) is 0 Å². The van der Waals surface area contributed by atoms with Gasteiger partial charge < -0.3 is 29.4 Å². The molecule has 45 heavy (non-hydrogen) atoms. The van der Waals surface area contributed by atoms with Gasteiger partial charge in [-0.25, -0.2) is 0 Å². The average molecular weight is 764 g/mol. The van der Waals surface area contributed by atoms with E-state index in [0.717, 1.165) is 0 Å². The molecule has 0 saturated carbocycles. The van der Waals surface area contributed by atoms with Crippen molar-refractivity contribution in [3.8, 4) is 0 Å². The third-order valence-corrected chi connectivity index (χ3v) is 7.72. The fourth-order valence-corrected chi connectivity index (χ4v) is 5.36. The maximum absolute atomic E-state index is 7.56. The molecule has 0 unspecified atom stereocenters. The van der Waals surface area contributed by atoms with E-state index in [9.17, 15) is 0 Å². The van der Waals surface area contributed by atoms with Crippen LogP contribution in [0.1, 0.15) is 179 Å². The molecule has 0 aliphatic rings. The maximum atomic E-state index is 7.56. The predicted molar refractivity (Wildman–Crippen MR) is 198 cm³/mol. The molecule has 0 aliphatic carbocycles. The van der Waals surface area contributed by atoms with Crippen molar-refractivity contribution in [3.05, 3.63) is 35.4 Å². The topological polar surface area (TPSA) is 121 Å². The standard InChI is InChI=1S/C34H62.2H3O3PS.Zn/c1-3-5-7-9-11-13-15-17-19-21-23-25-29-33-31-27-28-32-34(33)30-26-24-22-20-18-16-14-12-10-8-6-4-2;2*1-4(2,3)5;/h27-28,31-32H,3-26,29-30H2,1-2H3;2*(H3,1,2,3,5);. The number of aryl methyl sites for hydroxylation is 2. The van der Waals surface area contributed by atoms with Gasteiger partial charge in [0.1, 0.15) is 0 Å². The van der Waals surface area contributed by atoms with Gasteiger partial charge >= 0.3 is 13.4 Å². The van der Waals surface area contributed by atoms with Crippen LogP contribution in [-0.4, -0.2) is 29.4 Å². The van der Waals surface area contributed by atoms with Crippen LogP contribution in [0.15, 0.2) is 24.3 Å². The third kappa shape index (κ3) is 51.9. The SMILES string of the molecule is CCCCCCCCCCCCCCc1ccccc1CCCCCCCCCCCCCC.OP(O)(O)=S.OP(O)(O)=S.[Zn]. The molecule has 0 saturated heterocycles. The molecule has 0 aromatic heterocycles. The monoisotopic (exact) mass is 762 g/mol. The Hall–Kier alpha value is 0.903. The Labute approximate surface area is 300 Å². The molecule has 1 aromatic carbocycles. The summed E-state index contributed by atoms with van der Waals surface area (Å²) in [6.07, 6.45) is 37.2. The van der Waals surface area contributed by atoms with Crippen molar-refractivity contribution >= 4 is 37.1 Å². The second-order valence-corrected chi connectivity index (χ2v) is 17.1. The summed E-state index contributed by atoms with van der Waals surface area (Å²) in [5, 5.41) is 0.